The van der Waals surface area contributed by atoms with Crippen molar-refractivity contribution in [2.75, 3.05) is 13.6 Å². The Morgan fingerprint density at radius 3 is 2.37 bits per heavy atom. The largest absolute Gasteiger partial charge is 0.382 e. The molecule has 27 heavy (non-hydrogen) atoms. The average Bonchev–Trinajstić information content (AvgIpc) is 2.67. The van der Waals surface area contributed by atoms with Crippen LogP contribution in [-0.2, 0) is 33.3 Å². The molecule has 0 atom stereocenters. The second-order valence-electron chi connectivity index (χ2n) is 5.95. The SMILES string of the molecule is CNS(=O)(=O)Oc1ccc2c(c1)CN(S(=O)(=O)c1ccc(C=O)cc1)CC2. The van der Waals surface area contributed by atoms with E-state index in [0.717, 1.165) is 5.56 Å². The number of hydrogen-bond acceptors (Lipinski definition) is 6. The predicted molar refractivity (Wildman–Crippen MR) is 98.2 cm³/mol. The van der Waals surface area contributed by atoms with Gasteiger partial charge in [-0.05, 0) is 41.8 Å². The Bertz CT molecular complexity index is 1060. The fourth-order valence-electron chi connectivity index (χ4n) is 2.80. The van der Waals surface area contributed by atoms with Gasteiger partial charge >= 0.3 is 10.3 Å². The number of hydrogen-bond donors (Lipinski definition) is 1. The molecule has 1 aliphatic rings. The molecular formula is C17H18N2O6S2. The van der Waals surface area contributed by atoms with E-state index in [1.54, 1.807) is 6.07 Å². The van der Waals surface area contributed by atoms with Crippen LogP contribution in [0.25, 0.3) is 0 Å². The third-order valence-corrected chi connectivity index (χ3v) is 7.04. The van der Waals surface area contributed by atoms with Crippen LogP contribution in [0.15, 0.2) is 47.4 Å². The minimum absolute atomic E-state index is 0.0988. The van der Waals surface area contributed by atoms with Crippen molar-refractivity contribution in [1.29, 1.82) is 0 Å². The Hall–Kier alpha value is -2.27. The second-order valence-corrected chi connectivity index (χ2v) is 9.37. The number of carbonyl (C=O) groups excluding carboxylic acids is 1. The monoisotopic (exact) mass is 410 g/mol. The van der Waals surface area contributed by atoms with E-state index in [-0.39, 0.29) is 17.2 Å². The van der Waals surface area contributed by atoms with E-state index in [4.69, 9.17) is 4.18 Å². The van der Waals surface area contributed by atoms with E-state index < -0.39 is 20.3 Å². The molecule has 0 unspecified atom stereocenters. The lowest BCUT2D eigenvalue weighted by Gasteiger charge is -2.28. The summed E-state index contributed by atoms with van der Waals surface area (Å²) < 4.78 is 57.1. The van der Waals surface area contributed by atoms with Gasteiger partial charge in [0.1, 0.15) is 12.0 Å². The standard InChI is InChI=1S/C17H18N2O6S2/c1-18-27(23,24)25-16-5-4-14-8-9-19(11-15(14)10-16)26(21,22)17-6-2-13(12-20)3-7-17/h2-7,10,12,18H,8-9,11H2,1H3. The Balaban J connectivity index is 1.86. The smallest absolute Gasteiger partial charge is 0.371 e. The third-order valence-electron chi connectivity index (χ3n) is 4.26. The average molecular weight is 410 g/mol. The topological polar surface area (TPSA) is 110 Å². The number of carbonyl (C=O) groups is 1. The van der Waals surface area contributed by atoms with Gasteiger partial charge in [-0.3, -0.25) is 4.79 Å². The molecule has 2 aromatic carbocycles. The lowest BCUT2D eigenvalue weighted by molar-refractivity contribution is 0.112. The van der Waals surface area contributed by atoms with Crippen LogP contribution < -0.4 is 8.91 Å². The number of benzene rings is 2. The molecule has 144 valence electrons. The minimum atomic E-state index is -3.90. The molecule has 10 heteroatoms. The highest BCUT2D eigenvalue weighted by atomic mass is 32.2. The normalized spacial score (nSPS) is 15.1. The Morgan fingerprint density at radius 1 is 1.04 bits per heavy atom. The molecule has 0 radical (unpaired) electrons. The Morgan fingerprint density at radius 2 is 1.74 bits per heavy atom. The van der Waals surface area contributed by atoms with Crippen LogP contribution >= 0.6 is 0 Å². The van der Waals surface area contributed by atoms with Crippen LogP contribution in [0.4, 0.5) is 0 Å². The zero-order valence-corrected chi connectivity index (χ0v) is 16.1. The number of nitrogens with zero attached hydrogens (tertiary/aromatic N) is 1. The molecule has 0 amide bonds. The molecule has 0 saturated heterocycles. The van der Waals surface area contributed by atoms with Gasteiger partial charge in [-0.15, -0.1) is 0 Å². The number of sulfonamides is 1. The van der Waals surface area contributed by atoms with Gasteiger partial charge in [-0.2, -0.15) is 17.4 Å². The van der Waals surface area contributed by atoms with E-state index in [0.29, 0.717) is 30.4 Å². The number of aldehydes is 1. The van der Waals surface area contributed by atoms with Crippen molar-refractivity contribution in [3.05, 3.63) is 59.2 Å². The molecular weight excluding hydrogens is 392 g/mol. The van der Waals surface area contributed by atoms with E-state index >= 15 is 0 Å². The van der Waals surface area contributed by atoms with Gasteiger partial charge in [0, 0.05) is 25.7 Å². The summed E-state index contributed by atoms with van der Waals surface area (Å²) in [6, 6.07) is 10.5. The molecule has 1 heterocycles. The molecule has 1 N–H and O–H groups in total. The first-order chi connectivity index (χ1) is 12.7. The Kier molecular flexibility index (Phi) is 5.33. The number of nitrogens with one attached hydrogen (secondary N) is 1. The van der Waals surface area contributed by atoms with Gasteiger partial charge in [0.05, 0.1) is 4.90 Å². The van der Waals surface area contributed by atoms with Crippen molar-refractivity contribution in [1.82, 2.24) is 9.03 Å². The summed E-state index contributed by atoms with van der Waals surface area (Å²) >= 11 is 0. The van der Waals surface area contributed by atoms with Crippen LogP contribution in [-0.4, -0.2) is 41.0 Å². The fourth-order valence-corrected chi connectivity index (χ4v) is 4.66. The molecule has 2 aromatic rings. The zero-order chi connectivity index (χ0) is 19.7. The van der Waals surface area contributed by atoms with Crippen molar-refractivity contribution in [3.8, 4) is 5.75 Å². The summed E-state index contributed by atoms with van der Waals surface area (Å²) in [5.74, 6) is 0.109. The lowest BCUT2D eigenvalue weighted by atomic mass is 10.0. The van der Waals surface area contributed by atoms with E-state index in [1.807, 2.05) is 0 Å². The van der Waals surface area contributed by atoms with Gasteiger partial charge in [-0.1, -0.05) is 18.2 Å². The maximum Gasteiger partial charge on any atom is 0.382 e. The molecule has 0 bridgehead atoms. The van der Waals surface area contributed by atoms with E-state index in [9.17, 15) is 21.6 Å². The van der Waals surface area contributed by atoms with E-state index in [1.165, 1.54) is 47.8 Å². The summed E-state index contributed by atoms with van der Waals surface area (Å²) in [5.41, 5.74) is 2.01. The third kappa shape index (κ3) is 4.19. The van der Waals surface area contributed by atoms with Crippen molar-refractivity contribution in [3.63, 3.8) is 0 Å². The molecule has 0 spiro atoms. The number of fused-ring (bicyclic) bond motifs is 1. The minimum Gasteiger partial charge on any atom is -0.371 e. The summed E-state index contributed by atoms with van der Waals surface area (Å²) in [6.45, 7) is 0.406. The zero-order valence-electron chi connectivity index (χ0n) is 14.5. The highest BCUT2D eigenvalue weighted by molar-refractivity contribution is 7.89. The van der Waals surface area contributed by atoms with Crippen molar-refractivity contribution >= 4 is 26.6 Å². The van der Waals surface area contributed by atoms with E-state index in [2.05, 4.69) is 4.72 Å². The first-order valence-corrected chi connectivity index (χ1v) is 10.9. The second kappa shape index (κ2) is 7.39. The van der Waals surface area contributed by atoms with Gasteiger partial charge in [0.25, 0.3) is 0 Å². The molecule has 0 fully saturated rings. The van der Waals surface area contributed by atoms with Crippen molar-refractivity contribution in [2.24, 2.45) is 0 Å². The van der Waals surface area contributed by atoms with Gasteiger partial charge in [-0.25, -0.2) is 8.42 Å². The maximum absolute atomic E-state index is 12.9. The van der Waals surface area contributed by atoms with Crippen LogP contribution in [0.2, 0.25) is 0 Å². The highest BCUT2D eigenvalue weighted by Gasteiger charge is 2.28. The summed E-state index contributed by atoms with van der Waals surface area (Å²) in [5, 5.41) is 0. The van der Waals surface area contributed by atoms with Crippen molar-refractivity contribution < 1.29 is 25.8 Å². The molecule has 8 nitrogen and oxygen atoms in total. The maximum atomic E-state index is 12.9. The van der Waals surface area contributed by atoms with Gasteiger partial charge in [0.2, 0.25) is 10.0 Å². The molecule has 1 aliphatic heterocycles. The van der Waals surface area contributed by atoms with Crippen molar-refractivity contribution in [2.45, 2.75) is 17.9 Å². The quantitative estimate of drug-likeness (QED) is 0.714. The van der Waals surface area contributed by atoms with Gasteiger partial charge < -0.3 is 4.18 Å². The summed E-state index contributed by atoms with van der Waals surface area (Å²) in [7, 11) is -6.40. The summed E-state index contributed by atoms with van der Waals surface area (Å²) in [6.07, 6.45) is 1.15. The molecule has 3 rings (SSSR count). The van der Waals surface area contributed by atoms with Crippen LogP contribution in [0.3, 0.4) is 0 Å². The molecule has 0 aliphatic carbocycles. The van der Waals surface area contributed by atoms with Crippen LogP contribution in [0.5, 0.6) is 5.75 Å². The molecule has 0 saturated carbocycles. The highest BCUT2D eigenvalue weighted by Crippen LogP contribution is 2.28. The fraction of sp³-hybridized carbons (Fsp3) is 0.235. The predicted octanol–water partition coefficient (Wildman–Crippen LogP) is 1.09. The van der Waals surface area contributed by atoms with Crippen LogP contribution in [0, 0.1) is 0 Å². The molecule has 0 aromatic heterocycles. The Labute approximate surface area is 158 Å². The number of rotatable bonds is 6. The summed E-state index contributed by atoms with van der Waals surface area (Å²) in [4.78, 5) is 10.8. The van der Waals surface area contributed by atoms with Crippen LogP contribution in [0.1, 0.15) is 21.5 Å². The lowest BCUT2D eigenvalue weighted by Crippen LogP contribution is -2.36. The first kappa shape index (κ1) is 19.5. The van der Waals surface area contributed by atoms with Gasteiger partial charge in [0.15, 0.2) is 0 Å². The first-order valence-electron chi connectivity index (χ1n) is 8.05.